The van der Waals surface area contributed by atoms with E-state index in [4.69, 9.17) is 0 Å². The number of thiophene rings is 1. The molecule has 0 aliphatic rings. The zero-order valence-electron chi connectivity index (χ0n) is 24.4. The fourth-order valence-corrected chi connectivity index (χ4v) is 8.59. The molecule has 0 saturated carbocycles. The maximum absolute atomic E-state index is 2.42. The summed E-state index contributed by atoms with van der Waals surface area (Å²) in [6.45, 7) is 0. The Balaban J connectivity index is 1.20. The molecule has 0 spiro atoms. The summed E-state index contributed by atoms with van der Waals surface area (Å²) < 4.78 is 2.71. The van der Waals surface area contributed by atoms with Crippen molar-refractivity contribution in [3.63, 3.8) is 0 Å². The van der Waals surface area contributed by atoms with E-state index < -0.39 is 0 Å². The summed E-state index contributed by atoms with van der Waals surface area (Å²) in [5.41, 5.74) is 5.05. The number of fused-ring (bicyclic) bond motifs is 11. The smallest absolute Gasteiger partial charge is 0.0434 e. The largest absolute Gasteiger partial charge is 0.135 e. The molecular weight excluding hydrogens is 561 g/mol. The first-order valence-electron chi connectivity index (χ1n) is 15.5. The van der Waals surface area contributed by atoms with E-state index in [0.717, 1.165) is 0 Å². The molecule has 10 aromatic rings. The molecule has 1 aromatic heterocycles. The van der Waals surface area contributed by atoms with E-state index in [0.29, 0.717) is 0 Å². The van der Waals surface area contributed by atoms with Crippen LogP contribution in [0.1, 0.15) is 0 Å². The van der Waals surface area contributed by atoms with Gasteiger partial charge in [0.25, 0.3) is 0 Å². The molecule has 0 saturated heterocycles. The van der Waals surface area contributed by atoms with Gasteiger partial charge in [-0.05, 0) is 101 Å². The Morgan fingerprint density at radius 1 is 0.289 bits per heavy atom. The van der Waals surface area contributed by atoms with Crippen molar-refractivity contribution in [3.05, 3.63) is 158 Å². The fourth-order valence-electron chi connectivity index (χ4n) is 7.37. The highest BCUT2D eigenvalue weighted by atomic mass is 32.1. The van der Waals surface area contributed by atoms with Crippen LogP contribution in [0.5, 0.6) is 0 Å². The lowest BCUT2D eigenvalue weighted by Crippen LogP contribution is -1.86. The zero-order valence-corrected chi connectivity index (χ0v) is 25.2. The molecule has 1 heterocycles. The Morgan fingerprint density at radius 2 is 0.844 bits per heavy atom. The van der Waals surface area contributed by atoms with Crippen LogP contribution in [-0.4, -0.2) is 0 Å². The highest BCUT2D eigenvalue weighted by Crippen LogP contribution is 2.43. The van der Waals surface area contributed by atoms with Crippen molar-refractivity contribution in [2.75, 3.05) is 0 Å². The third-order valence-corrected chi connectivity index (χ3v) is 10.8. The summed E-state index contributed by atoms with van der Waals surface area (Å²) >= 11 is 1.90. The molecule has 0 N–H and O–H groups in total. The molecule has 0 fully saturated rings. The van der Waals surface area contributed by atoms with Crippen LogP contribution in [0.2, 0.25) is 0 Å². The van der Waals surface area contributed by atoms with Crippen LogP contribution >= 0.6 is 11.3 Å². The third-order valence-electron chi connectivity index (χ3n) is 9.61. The Bertz CT molecular complexity index is 2820. The second-order valence-electron chi connectivity index (χ2n) is 12.1. The van der Waals surface area contributed by atoms with E-state index in [-0.39, 0.29) is 0 Å². The molecule has 0 atom stereocenters. The summed E-state index contributed by atoms with van der Waals surface area (Å²) in [5, 5.41) is 15.6. The lowest BCUT2D eigenvalue weighted by molar-refractivity contribution is 1.68. The number of rotatable bonds is 2. The van der Waals surface area contributed by atoms with Gasteiger partial charge in [-0.25, -0.2) is 0 Å². The maximum atomic E-state index is 2.42. The quantitative estimate of drug-likeness (QED) is 0.177. The van der Waals surface area contributed by atoms with Gasteiger partial charge in [0.1, 0.15) is 0 Å². The number of hydrogen-bond donors (Lipinski definition) is 0. The number of benzene rings is 9. The molecule has 208 valence electrons. The predicted molar refractivity (Wildman–Crippen MR) is 198 cm³/mol. The first-order valence-corrected chi connectivity index (χ1v) is 16.3. The average Bonchev–Trinajstić information content (AvgIpc) is 3.49. The van der Waals surface area contributed by atoms with Gasteiger partial charge in [0.15, 0.2) is 0 Å². The SMILES string of the molecule is c1ccc2cc(-c3ccc4ccc5c6cc(-c7cc8c9ccccc9sc8c8ccccc78)ccc6ccc5c4c3)ccc2c1. The molecule has 0 aliphatic carbocycles. The first kappa shape index (κ1) is 24.9. The van der Waals surface area contributed by atoms with Crippen molar-refractivity contribution >= 4 is 85.4 Å². The van der Waals surface area contributed by atoms with Crippen molar-refractivity contribution in [2.24, 2.45) is 0 Å². The zero-order chi connectivity index (χ0) is 29.5. The van der Waals surface area contributed by atoms with E-state index in [1.807, 2.05) is 11.3 Å². The van der Waals surface area contributed by atoms with Gasteiger partial charge in [-0.3, -0.25) is 0 Å². The number of hydrogen-bond acceptors (Lipinski definition) is 1. The van der Waals surface area contributed by atoms with Gasteiger partial charge in [-0.15, -0.1) is 11.3 Å². The molecule has 45 heavy (non-hydrogen) atoms. The predicted octanol–water partition coefficient (Wildman–Crippen LogP) is 13.2. The van der Waals surface area contributed by atoms with Crippen LogP contribution in [0.4, 0.5) is 0 Å². The first-order chi connectivity index (χ1) is 22.3. The third kappa shape index (κ3) is 3.78. The maximum Gasteiger partial charge on any atom is 0.0434 e. The molecule has 0 unspecified atom stereocenters. The molecule has 9 aromatic carbocycles. The van der Waals surface area contributed by atoms with Gasteiger partial charge in [-0.1, -0.05) is 127 Å². The van der Waals surface area contributed by atoms with Gasteiger partial charge >= 0.3 is 0 Å². The summed E-state index contributed by atoms with van der Waals surface area (Å²) in [7, 11) is 0. The highest BCUT2D eigenvalue weighted by molar-refractivity contribution is 7.26. The van der Waals surface area contributed by atoms with Crippen molar-refractivity contribution in [2.45, 2.75) is 0 Å². The summed E-state index contributed by atoms with van der Waals surface area (Å²) in [6, 6.07) is 58.6. The van der Waals surface area contributed by atoms with E-state index in [2.05, 4.69) is 158 Å². The molecular formula is C44H26S. The van der Waals surface area contributed by atoms with Gasteiger partial charge in [0.2, 0.25) is 0 Å². The lowest BCUT2D eigenvalue weighted by atomic mass is 9.91. The Labute approximate surface area is 264 Å². The van der Waals surface area contributed by atoms with Crippen molar-refractivity contribution in [1.82, 2.24) is 0 Å². The van der Waals surface area contributed by atoms with Crippen LogP contribution in [0.3, 0.4) is 0 Å². The van der Waals surface area contributed by atoms with Crippen LogP contribution in [0.25, 0.3) is 96.3 Å². The average molecular weight is 587 g/mol. The minimum absolute atomic E-state index is 1.25. The standard InChI is InChI=1S/C44H26S/c1-2-8-30-23-31(16-13-27(30)7-1)32-17-14-28-19-22-36-35(39(28)24-32)21-20-29-15-18-33(25-40(29)36)41-26-42-37-10-5-6-12-43(37)45-44(42)38-11-4-3-9-34(38)41/h1-26H. The highest BCUT2D eigenvalue weighted by Gasteiger charge is 2.14. The second-order valence-corrected chi connectivity index (χ2v) is 13.2. The van der Waals surface area contributed by atoms with Crippen LogP contribution < -0.4 is 0 Å². The molecule has 0 nitrogen and oxygen atoms in total. The summed E-state index contributed by atoms with van der Waals surface area (Å²) in [4.78, 5) is 0. The van der Waals surface area contributed by atoms with E-state index in [1.54, 1.807) is 0 Å². The van der Waals surface area contributed by atoms with E-state index in [9.17, 15) is 0 Å². The molecule has 0 bridgehead atoms. The Morgan fingerprint density at radius 3 is 1.62 bits per heavy atom. The molecule has 10 rings (SSSR count). The summed E-state index contributed by atoms with van der Waals surface area (Å²) in [5.74, 6) is 0. The molecule has 0 radical (unpaired) electrons. The Hall–Kier alpha value is -5.50. The molecule has 0 amide bonds. The van der Waals surface area contributed by atoms with Gasteiger partial charge < -0.3 is 0 Å². The monoisotopic (exact) mass is 586 g/mol. The van der Waals surface area contributed by atoms with Crippen LogP contribution in [0, 0.1) is 0 Å². The summed E-state index contributed by atoms with van der Waals surface area (Å²) in [6.07, 6.45) is 0. The molecule has 0 aliphatic heterocycles. The van der Waals surface area contributed by atoms with Crippen molar-refractivity contribution in [3.8, 4) is 22.3 Å². The second kappa shape index (κ2) is 9.50. The van der Waals surface area contributed by atoms with E-state index >= 15 is 0 Å². The lowest BCUT2D eigenvalue weighted by Gasteiger charge is -2.13. The van der Waals surface area contributed by atoms with Crippen LogP contribution in [-0.2, 0) is 0 Å². The van der Waals surface area contributed by atoms with Crippen LogP contribution in [0.15, 0.2) is 158 Å². The Kier molecular flexibility index (Phi) is 5.25. The minimum Gasteiger partial charge on any atom is -0.135 e. The topological polar surface area (TPSA) is 0 Å². The van der Waals surface area contributed by atoms with Gasteiger partial charge in [0.05, 0.1) is 0 Å². The van der Waals surface area contributed by atoms with Crippen molar-refractivity contribution in [1.29, 1.82) is 0 Å². The molecule has 1 heteroatoms. The van der Waals surface area contributed by atoms with Crippen molar-refractivity contribution < 1.29 is 0 Å². The van der Waals surface area contributed by atoms with Gasteiger partial charge in [-0.2, -0.15) is 0 Å². The van der Waals surface area contributed by atoms with Gasteiger partial charge in [0, 0.05) is 25.6 Å². The minimum atomic E-state index is 1.25. The normalized spacial score (nSPS) is 12.0. The fraction of sp³-hybridized carbons (Fsp3) is 0. The van der Waals surface area contributed by atoms with E-state index in [1.165, 1.54) is 96.3 Å².